The quantitative estimate of drug-likeness (QED) is 0.591. The number of anilines is 1. The summed E-state index contributed by atoms with van der Waals surface area (Å²) < 4.78 is 38.1. The molecule has 1 N–H and O–H groups in total. The van der Waals surface area contributed by atoms with Gasteiger partial charge >= 0.3 is 5.97 Å². The fourth-order valence-corrected chi connectivity index (χ4v) is 5.12. The normalized spacial score (nSPS) is 14.3. The number of hydrogen-bond donors (Lipinski definition) is 1. The highest BCUT2D eigenvalue weighted by molar-refractivity contribution is 9.10. The number of carbonyl (C=O) groups is 2. The molecule has 0 radical (unpaired) electrons. The molecule has 160 valence electrons. The monoisotopic (exact) mass is 496 g/mol. The van der Waals surface area contributed by atoms with Crippen molar-refractivity contribution in [1.82, 2.24) is 4.31 Å². The standard InChI is InChI=1S/C20H21BrN2O6S/c1-28-17-9-8-14(12-18(17)30(26,27)23-10-4-5-11-23)20(25)29-13-19(24)22-16-7-3-2-6-15(16)21/h2-3,6-9,12H,4-5,10-11,13H2,1H3,(H,22,24). The number of halogens is 1. The number of ether oxygens (including phenoxy) is 2. The molecule has 0 aromatic heterocycles. The molecule has 0 unspecified atom stereocenters. The van der Waals surface area contributed by atoms with Crippen molar-refractivity contribution in [2.24, 2.45) is 0 Å². The van der Waals surface area contributed by atoms with Crippen LogP contribution in [0.5, 0.6) is 5.75 Å². The van der Waals surface area contributed by atoms with Crippen molar-refractivity contribution in [3.8, 4) is 5.75 Å². The molecule has 8 nitrogen and oxygen atoms in total. The van der Waals surface area contributed by atoms with Crippen LogP contribution in [0.1, 0.15) is 23.2 Å². The smallest absolute Gasteiger partial charge is 0.338 e. The number of amides is 1. The zero-order valence-electron chi connectivity index (χ0n) is 16.3. The fourth-order valence-electron chi connectivity index (χ4n) is 3.04. The van der Waals surface area contributed by atoms with Crippen molar-refractivity contribution in [2.75, 3.05) is 32.1 Å². The van der Waals surface area contributed by atoms with Gasteiger partial charge in [0.1, 0.15) is 10.6 Å². The lowest BCUT2D eigenvalue weighted by atomic mass is 10.2. The Bertz CT molecular complexity index is 1050. The summed E-state index contributed by atoms with van der Waals surface area (Å²) in [7, 11) is -2.43. The zero-order valence-corrected chi connectivity index (χ0v) is 18.7. The minimum Gasteiger partial charge on any atom is -0.495 e. The molecule has 1 heterocycles. The summed E-state index contributed by atoms with van der Waals surface area (Å²) in [6.45, 7) is 0.338. The van der Waals surface area contributed by atoms with E-state index < -0.39 is 28.5 Å². The number of carbonyl (C=O) groups excluding carboxylic acids is 2. The Hall–Kier alpha value is -2.43. The minimum absolute atomic E-state index is 0.0160. The third kappa shape index (κ3) is 5.00. The first kappa shape index (κ1) is 22.3. The number of esters is 1. The van der Waals surface area contributed by atoms with Gasteiger partial charge in [0.05, 0.1) is 18.4 Å². The van der Waals surface area contributed by atoms with Crippen LogP contribution < -0.4 is 10.1 Å². The first-order valence-corrected chi connectivity index (χ1v) is 11.5. The molecule has 2 aromatic rings. The lowest BCUT2D eigenvalue weighted by molar-refractivity contribution is -0.119. The summed E-state index contributed by atoms with van der Waals surface area (Å²) in [4.78, 5) is 24.4. The van der Waals surface area contributed by atoms with E-state index in [0.717, 1.165) is 12.8 Å². The first-order valence-electron chi connectivity index (χ1n) is 9.22. The van der Waals surface area contributed by atoms with Crippen LogP contribution in [0.3, 0.4) is 0 Å². The third-order valence-corrected chi connectivity index (χ3v) is 7.18. The SMILES string of the molecule is COc1ccc(C(=O)OCC(=O)Nc2ccccc2Br)cc1S(=O)(=O)N1CCCC1. The van der Waals surface area contributed by atoms with Crippen LogP contribution in [0.25, 0.3) is 0 Å². The molecule has 0 atom stereocenters. The van der Waals surface area contributed by atoms with E-state index in [-0.39, 0.29) is 16.2 Å². The molecular weight excluding hydrogens is 476 g/mol. The Morgan fingerprint density at radius 3 is 2.50 bits per heavy atom. The summed E-state index contributed by atoms with van der Waals surface area (Å²) in [6, 6.07) is 11.0. The number of sulfonamides is 1. The molecule has 1 aliphatic rings. The Kier molecular flexibility index (Phi) is 7.11. The van der Waals surface area contributed by atoms with Crippen molar-refractivity contribution in [3.05, 3.63) is 52.5 Å². The molecule has 30 heavy (non-hydrogen) atoms. The second-order valence-corrected chi connectivity index (χ2v) is 9.34. The van der Waals surface area contributed by atoms with Gasteiger partial charge in [-0.15, -0.1) is 0 Å². The van der Waals surface area contributed by atoms with Gasteiger partial charge in [-0.2, -0.15) is 4.31 Å². The second-order valence-electron chi connectivity index (χ2n) is 6.58. The van der Waals surface area contributed by atoms with Crippen molar-refractivity contribution < 1.29 is 27.5 Å². The molecule has 1 amide bonds. The Morgan fingerprint density at radius 1 is 1.13 bits per heavy atom. The number of nitrogens with zero attached hydrogens (tertiary/aromatic N) is 1. The van der Waals surface area contributed by atoms with Crippen molar-refractivity contribution in [1.29, 1.82) is 0 Å². The van der Waals surface area contributed by atoms with Gasteiger partial charge < -0.3 is 14.8 Å². The predicted molar refractivity (Wildman–Crippen MR) is 114 cm³/mol. The molecule has 1 aliphatic heterocycles. The Morgan fingerprint density at radius 2 is 1.83 bits per heavy atom. The molecule has 0 spiro atoms. The van der Waals surface area contributed by atoms with E-state index >= 15 is 0 Å². The summed E-state index contributed by atoms with van der Waals surface area (Å²) in [5.41, 5.74) is 0.559. The topological polar surface area (TPSA) is 102 Å². The average Bonchev–Trinajstić information content (AvgIpc) is 3.29. The minimum atomic E-state index is -3.80. The highest BCUT2D eigenvalue weighted by atomic mass is 79.9. The van der Waals surface area contributed by atoms with E-state index in [1.807, 2.05) is 0 Å². The molecule has 0 bridgehead atoms. The number of benzene rings is 2. The van der Waals surface area contributed by atoms with Crippen LogP contribution >= 0.6 is 15.9 Å². The van der Waals surface area contributed by atoms with Gasteiger partial charge in [-0.1, -0.05) is 12.1 Å². The summed E-state index contributed by atoms with van der Waals surface area (Å²) in [6.07, 6.45) is 1.58. The van der Waals surface area contributed by atoms with Gasteiger partial charge in [-0.05, 0) is 59.1 Å². The number of nitrogens with one attached hydrogen (secondary N) is 1. The van der Waals surface area contributed by atoms with Gasteiger partial charge in [0.2, 0.25) is 10.0 Å². The van der Waals surface area contributed by atoms with Crippen LogP contribution in [0.15, 0.2) is 51.8 Å². The summed E-state index contributed by atoms with van der Waals surface area (Å²) in [5, 5.41) is 2.62. The zero-order chi connectivity index (χ0) is 21.7. The van der Waals surface area contributed by atoms with Crippen molar-refractivity contribution in [3.63, 3.8) is 0 Å². The van der Waals surface area contributed by atoms with Crippen LogP contribution in [0.2, 0.25) is 0 Å². The van der Waals surface area contributed by atoms with Crippen LogP contribution in [-0.2, 0) is 19.6 Å². The summed E-state index contributed by atoms with van der Waals surface area (Å²) in [5.74, 6) is -1.18. The van der Waals surface area contributed by atoms with Gasteiger partial charge in [0.15, 0.2) is 6.61 Å². The maximum Gasteiger partial charge on any atom is 0.338 e. The molecule has 1 fully saturated rings. The number of rotatable bonds is 7. The van der Waals surface area contributed by atoms with Gasteiger partial charge in [0, 0.05) is 17.6 Å². The van der Waals surface area contributed by atoms with Crippen LogP contribution in [0.4, 0.5) is 5.69 Å². The summed E-state index contributed by atoms with van der Waals surface area (Å²) >= 11 is 3.31. The molecule has 10 heteroatoms. The highest BCUT2D eigenvalue weighted by Crippen LogP contribution is 2.30. The lowest BCUT2D eigenvalue weighted by Gasteiger charge is -2.18. The average molecular weight is 497 g/mol. The lowest BCUT2D eigenvalue weighted by Crippen LogP contribution is -2.28. The van der Waals surface area contributed by atoms with E-state index in [9.17, 15) is 18.0 Å². The molecular formula is C20H21BrN2O6S. The van der Waals surface area contributed by atoms with Crippen molar-refractivity contribution in [2.45, 2.75) is 17.7 Å². The number of para-hydroxylation sites is 1. The van der Waals surface area contributed by atoms with E-state index in [1.165, 1.54) is 29.6 Å². The molecule has 3 rings (SSSR count). The van der Waals surface area contributed by atoms with Gasteiger partial charge in [-0.25, -0.2) is 13.2 Å². The van der Waals surface area contributed by atoms with Crippen LogP contribution in [-0.4, -0.2) is 51.4 Å². The third-order valence-electron chi connectivity index (χ3n) is 4.56. The maximum absolute atomic E-state index is 12.9. The molecule has 0 aliphatic carbocycles. The van der Waals surface area contributed by atoms with Gasteiger partial charge in [-0.3, -0.25) is 4.79 Å². The van der Waals surface area contributed by atoms with E-state index in [0.29, 0.717) is 23.2 Å². The largest absolute Gasteiger partial charge is 0.495 e. The molecule has 1 saturated heterocycles. The van der Waals surface area contributed by atoms with E-state index in [1.54, 1.807) is 24.3 Å². The number of hydrogen-bond acceptors (Lipinski definition) is 6. The van der Waals surface area contributed by atoms with Crippen molar-refractivity contribution >= 4 is 43.5 Å². The molecule has 2 aromatic carbocycles. The maximum atomic E-state index is 12.9. The van der Waals surface area contributed by atoms with Gasteiger partial charge in [0.25, 0.3) is 5.91 Å². The van der Waals surface area contributed by atoms with E-state index in [2.05, 4.69) is 21.2 Å². The predicted octanol–water partition coefficient (Wildman–Crippen LogP) is 3.04. The molecule has 0 saturated carbocycles. The fraction of sp³-hybridized carbons (Fsp3) is 0.300. The van der Waals surface area contributed by atoms with Crippen LogP contribution in [0, 0.1) is 0 Å². The highest BCUT2D eigenvalue weighted by Gasteiger charge is 2.31. The Labute approximate surface area is 183 Å². The van der Waals surface area contributed by atoms with E-state index in [4.69, 9.17) is 9.47 Å². The Balaban J connectivity index is 1.71. The first-order chi connectivity index (χ1) is 14.3. The second kappa shape index (κ2) is 9.59. The number of methoxy groups -OCH3 is 1.